The van der Waals surface area contributed by atoms with Crippen LogP contribution >= 0.6 is 11.6 Å². The third kappa shape index (κ3) is 3.41. The zero-order valence-corrected chi connectivity index (χ0v) is 10.4. The summed E-state index contributed by atoms with van der Waals surface area (Å²) >= 11 is 5.81. The molecule has 0 saturated carbocycles. The van der Waals surface area contributed by atoms with Crippen molar-refractivity contribution in [1.82, 2.24) is 15.0 Å². The van der Waals surface area contributed by atoms with Gasteiger partial charge in [-0.1, -0.05) is 0 Å². The van der Waals surface area contributed by atoms with Gasteiger partial charge in [0.15, 0.2) is 0 Å². The molecule has 2 rings (SSSR count). The van der Waals surface area contributed by atoms with E-state index in [-0.39, 0.29) is 17.8 Å². The van der Waals surface area contributed by atoms with Gasteiger partial charge < -0.3 is 20.7 Å². The van der Waals surface area contributed by atoms with Crippen LogP contribution in [0.3, 0.4) is 0 Å². The molecule has 0 aliphatic carbocycles. The molecule has 1 aromatic rings. The quantitative estimate of drug-likeness (QED) is 0.743. The summed E-state index contributed by atoms with van der Waals surface area (Å²) in [7, 11) is 0. The van der Waals surface area contributed by atoms with Gasteiger partial charge in [-0.05, 0) is 11.6 Å². The summed E-state index contributed by atoms with van der Waals surface area (Å²) in [5, 5.41) is 2.75. The number of aromatic nitrogens is 3. The fraction of sp³-hybridized carbons (Fsp3) is 0.556. The van der Waals surface area contributed by atoms with E-state index in [1.165, 1.54) is 0 Å². The number of hydrogen-bond donors (Lipinski definition) is 2. The van der Waals surface area contributed by atoms with Crippen molar-refractivity contribution in [3.05, 3.63) is 5.28 Å². The number of carbonyl (C=O) groups excluding carboxylic acids is 1. The highest BCUT2D eigenvalue weighted by Crippen LogP contribution is 2.14. The fourth-order valence-corrected chi connectivity index (χ4v) is 1.65. The number of nitrogens with two attached hydrogens (primary N) is 1. The lowest BCUT2D eigenvalue weighted by molar-refractivity contribution is -0.116. The van der Waals surface area contributed by atoms with Crippen LogP contribution in [0.2, 0.25) is 5.28 Å². The number of anilines is 2. The molecule has 0 radical (unpaired) electrons. The molecule has 0 atom stereocenters. The van der Waals surface area contributed by atoms with Gasteiger partial charge in [0.05, 0.1) is 19.8 Å². The molecule has 98 valence electrons. The minimum atomic E-state index is -0.501. The molecule has 1 aromatic heterocycles. The second kappa shape index (κ2) is 5.78. The zero-order valence-electron chi connectivity index (χ0n) is 9.60. The molecule has 18 heavy (non-hydrogen) atoms. The van der Waals surface area contributed by atoms with E-state index in [4.69, 9.17) is 22.1 Å². The molecule has 9 heteroatoms. The van der Waals surface area contributed by atoms with Crippen LogP contribution in [0, 0.1) is 0 Å². The van der Waals surface area contributed by atoms with Gasteiger partial charge >= 0.3 is 0 Å². The number of halogens is 1. The lowest BCUT2D eigenvalue weighted by Gasteiger charge is -2.26. The van der Waals surface area contributed by atoms with Crippen molar-refractivity contribution in [2.75, 3.05) is 43.1 Å². The lowest BCUT2D eigenvalue weighted by atomic mass is 10.4. The number of morpholine rings is 1. The second-order valence-corrected chi connectivity index (χ2v) is 3.99. The average molecular weight is 273 g/mol. The average Bonchev–Trinajstić information content (AvgIpc) is 2.37. The smallest absolute Gasteiger partial charge is 0.236 e. The first-order chi connectivity index (χ1) is 8.65. The number of ether oxygens (including phenoxy) is 1. The number of rotatable bonds is 4. The van der Waals surface area contributed by atoms with Gasteiger partial charge in [-0.2, -0.15) is 15.0 Å². The van der Waals surface area contributed by atoms with Crippen molar-refractivity contribution < 1.29 is 9.53 Å². The first-order valence-electron chi connectivity index (χ1n) is 5.41. The minimum absolute atomic E-state index is 0.0527. The maximum atomic E-state index is 10.7. The van der Waals surface area contributed by atoms with Crippen molar-refractivity contribution in [3.63, 3.8) is 0 Å². The monoisotopic (exact) mass is 272 g/mol. The molecule has 0 spiro atoms. The number of primary amides is 1. The molecule has 2 heterocycles. The minimum Gasteiger partial charge on any atom is -0.378 e. The zero-order chi connectivity index (χ0) is 13.0. The molecule has 8 nitrogen and oxygen atoms in total. The predicted molar refractivity (Wildman–Crippen MR) is 65.6 cm³/mol. The Balaban J connectivity index is 2.12. The van der Waals surface area contributed by atoms with Crippen LogP contribution in [0.4, 0.5) is 11.9 Å². The molecular weight excluding hydrogens is 260 g/mol. The Bertz CT molecular complexity index is 437. The van der Waals surface area contributed by atoms with E-state index in [1.54, 1.807) is 0 Å². The molecule has 3 N–H and O–H groups in total. The van der Waals surface area contributed by atoms with Gasteiger partial charge in [-0.25, -0.2) is 0 Å². The van der Waals surface area contributed by atoms with E-state index in [0.29, 0.717) is 32.3 Å². The summed E-state index contributed by atoms with van der Waals surface area (Å²) in [6.45, 7) is 2.56. The number of amides is 1. The summed E-state index contributed by atoms with van der Waals surface area (Å²) in [5.74, 6) is 0.194. The Morgan fingerprint density at radius 1 is 1.39 bits per heavy atom. The Hall–Kier alpha value is -1.67. The first-order valence-corrected chi connectivity index (χ1v) is 5.79. The SMILES string of the molecule is NC(=O)CNc1nc(Cl)nc(N2CCOCC2)n1. The molecule has 1 amide bonds. The maximum absolute atomic E-state index is 10.7. The topological polar surface area (TPSA) is 106 Å². The molecule has 0 aromatic carbocycles. The number of hydrogen-bond acceptors (Lipinski definition) is 7. The Kier molecular flexibility index (Phi) is 4.11. The number of carbonyl (C=O) groups is 1. The molecule has 0 bridgehead atoms. The molecule has 0 unspecified atom stereocenters. The van der Waals surface area contributed by atoms with E-state index in [2.05, 4.69) is 20.3 Å². The summed E-state index contributed by atoms with van der Waals surface area (Å²) in [6, 6.07) is 0. The van der Waals surface area contributed by atoms with Gasteiger partial charge in [0, 0.05) is 13.1 Å². The van der Waals surface area contributed by atoms with Gasteiger partial charge in [-0.3, -0.25) is 4.79 Å². The third-order valence-electron chi connectivity index (χ3n) is 2.31. The Morgan fingerprint density at radius 3 is 2.78 bits per heavy atom. The van der Waals surface area contributed by atoms with Gasteiger partial charge in [0.1, 0.15) is 0 Å². The first kappa shape index (κ1) is 12.8. The van der Waals surface area contributed by atoms with E-state index >= 15 is 0 Å². The summed E-state index contributed by atoms with van der Waals surface area (Å²) in [6.07, 6.45) is 0. The van der Waals surface area contributed by atoms with Crippen LogP contribution in [-0.4, -0.2) is 53.7 Å². The van der Waals surface area contributed by atoms with E-state index in [1.807, 2.05) is 4.90 Å². The highest BCUT2D eigenvalue weighted by molar-refractivity contribution is 6.28. The lowest BCUT2D eigenvalue weighted by Crippen LogP contribution is -2.37. The Morgan fingerprint density at radius 2 is 2.11 bits per heavy atom. The second-order valence-electron chi connectivity index (χ2n) is 3.65. The van der Waals surface area contributed by atoms with Crippen molar-refractivity contribution >= 4 is 29.4 Å². The van der Waals surface area contributed by atoms with Crippen LogP contribution in [-0.2, 0) is 9.53 Å². The maximum Gasteiger partial charge on any atom is 0.236 e. The van der Waals surface area contributed by atoms with Crippen LogP contribution in [0.1, 0.15) is 0 Å². The molecule has 1 aliphatic heterocycles. The van der Waals surface area contributed by atoms with Gasteiger partial charge in [0.2, 0.25) is 23.1 Å². The van der Waals surface area contributed by atoms with E-state index < -0.39 is 5.91 Å². The van der Waals surface area contributed by atoms with Crippen LogP contribution in [0.15, 0.2) is 0 Å². The van der Waals surface area contributed by atoms with E-state index in [0.717, 1.165) is 0 Å². The van der Waals surface area contributed by atoms with Crippen LogP contribution in [0.25, 0.3) is 0 Å². The van der Waals surface area contributed by atoms with Crippen LogP contribution in [0.5, 0.6) is 0 Å². The predicted octanol–water partition coefficient (Wildman–Crippen LogP) is -0.741. The molecule has 1 aliphatic rings. The Labute approximate surface area is 109 Å². The normalized spacial score (nSPS) is 15.5. The van der Waals surface area contributed by atoms with Gasteiger partial charge in [0.25, 0.3) is 0 Å². The number of nitrogens with zero attached hydrogens (tertiary/aromatic N) is 4. The van der Waals surface area contributed by atoms with E-state index in [9.17, 15) is 4.79 Å². The highest BCUT2D eigenvalue weighted by atomic mass is 35.5. The number of nitrogens with one attached hydrogen (secondary N) is 1. The summed E-state index contributed by atoms with van der Waals surface area (Å²) in [4.78, 5) is 24.7. The van der Waals surface area contributed by atoms with Crippen molar-refractivity contribution in [3.8, 4) is 0 Å². The van der Waals surface area contributed by atoms with Gasteiger partial charge in [-0.15, -0.1) is 0 Å². The standard InChI is InChI=1S/C9H13ClN6O2/c10-7-13-8(12-5-6(11)17)15-9(14-7)16-1-3-18-4-2-16/h1-5H2,(H2,11,17)(H,12,13,14,15). The molecular formula is C9H13ClN6O2. The molecule has 1 fully saturated rings. The highest BCUT2D eigenvalue weighted by Gasteiger charge is 2.16. The largest absolute Gasteiger partial charge is 0.378 e. The summed E-state index contributed by atoms with van der Waals surface area (Å²) < 4.78 is 5.24. The van der Waals surface area contributed by atoms with Crippen LogP contribution < -0.4 is 16.0 Å². The fourth-order valence-electron chi connectivity index (χ4n) is 1.49. The third-order valence-corrected chi connectivity index (χ3v) is 2.48. The molecule has 1 saturated heterocycles. The van der Waals surface area contributed by atoms with Crippen molar-refractivity contribution in [2.24, 2.45) is 5.73 Å². The van der Waals surface area contributed by atoms with Crippen molar-refractivity contribution in [2.45, 2.75) is 0 Å². The van der Waals surface area contributed by atoms with Crippen molar-refractivity contribution in [1.29, 1.82) is 0 Å². The summed E-state index contributed by atoms with van der Waals surface area (Å²) in [5.41, 5.74) is 5.03.